The highest BCUT2D eigenvalue weighted by molar-refractivity contribution is 7.99. The number of carbonyl (C=O) groups is 1. The Morgan fingerprint density at radius 2 is 2.26 bits per heavy atom. The van der Waals surface area contributed by atoms with Crippen LogP contribution in [0.15, 0.2) is 46.1 Å². The molecule has 0 unspecified atom stereocenters. The zero-order chi connectivity index (χ0) is 16.2. The van der Waals surface area contributed by atoms with Crippen LogP contribution in [0.1, 0.15) is 18.9 Å². The molecule has 0 aliphatic carbocycles. The standard InChI is InChI=1S/C17H17NO3S2/c1-2-21-13-6-7-15-14(10-13)12(5-8-16(19)20)11-18(15)23-17-4-3-9-22-17/h3-4,6-7,9-11H,2,5,8H2,1H3,(H,19,20). The van der Waals surface area contributed by atoms with Gasteiger partial charge in [0.1, 0.15) is 5.75 Å². The number of thiophene rings is 1. The van der Waals surface area contributed by atoms with E-state index >= 15 is 0 Å². The van der Waals surface area contributed by atoms with Crippen molar-refractivity contribution < 1.29 is 14.6 Å². The fourth-order valence-corrected chi connectivity index (χ4v) is 4.23. The van der Waals surface area contributed by atoms with Crippen molar-refractivity contribution in [1.82, 2.24) is 3.97 Å². The second-order valence-corrected chi connectivity index (χ2v) is 7.23. The first-order chi connectivity index (χ1) is 11.2. The minimum absolute atomic E-state index is 0.127. The van der Waals surface area contributed by atoms with Crippen molar-refractivity contribution in [3.05, 3.63) is 47.5 Å². The topological polar surface area (TPSA) is 51.5 Å². The van der Waals surface area contributed by atoms with Crippen LogP contribution in [0.5, 0.6) is 5.75 Å². The van der Waals surface area contributed by atoms with Gasteiger partial charge in [0.2, 0.25) is 0 Å². The lowest BCUT2D eigenvalue weighted by Gasteiger charge is -2.05. The van der Waals surface area contributed by atoms with Crippen LogP contribution >= 0.6 is 23.3 Å². The van der Waals surface area contributed by atoms with Gasteiger partial charge in [0.15, 0.2) is 0 Å². The fourth-order valence-electron chi connectivity index (χ4n) is 2.43. The number of carboxylic acid groups (broad SMARTS) is 1. The number of ether oxygens (including phenoxy) is 1. The van der Waals surface area contributed by atoms with Gasteiger partial charge in [-0.2, -0.15) is 0 Å². The normalized spacial score (nSPS) is 11.0. The predicted molar refractivity (Wildman–Crippen MR) is 94.6 cm³/mol. The Hall–Kier alpha value is -1.92. The van der Waals surface area contributed by atoms with Gasteiger partial charge in [0.05, 0.1) is 16.3 Å². The molecule has 0 atom stereocenters. The van der Waals surface area contributed by atoms with Gasteiger partial charge in [-0.3, -0.25) is 8.77 Å². The summed E-state index contributed by atoms with van der Waals surface area (Å²) >= 11 is 3.33. The summed E-state index contributed by atoms with van der Waals surface area (Å²) in [6.45, 7) is 2.56. The van der Waals surface area contributed by atoms with Crippen molar-refractivity contribution in [3.8, 4) is 5.75 Å². The van der Waals surface area contributed by atoms with Gasteiger partial charge in [0.25, 0.3) is 0 Å². The van der Waals surface area contributed by atoms with E-state index in [4.69, 9.17) is 9.84 Å². The quantitative estimate of drug-likeness (QED) is 0.674. The smallest absolute Gasteiger partial charge is 0.303 e. The molecular formula is C17H17NO3S2. The highest BCUT2D eigenvalue weighted by Gasteiger charge is 2.12. The number of hydrogen-bond donors (Lipinski definition) is 1. The Kier molecular flexibility index (Phi) is 4.93. The molecule has 6 heteroatoms. The molecule has 0 fully saturated rings. The molecule has 120 valence electrons. The van der Waals surface area contributed by atoms with Gasteiger partial charge in [-0.1, -0.05) is 6.07 Å². The van der Waals surface area contributed by atoms with Crippen LogP contribution in [-0.2, 0) is 11.2 Å². The second-order valence-electron chi connectivity index (χ2n) is 5.01. The molecule has 0 aliphatic heterocycles. The van der Waals surface area contributed by atoms with E-state index in [2.05, 4.69) is 10.0 Å². The van der Waals surface area contributed by atoms with Gasteiger partial charge < -0.3 is 9.84 Å². The third kappa shape index (κ3) is 3.71. The number of hydrogen-bond acceptors (Lipinski definition) is 4. The Bertz CT molecular complexity index is 809. The first kappa shape index (κ1) is 16.0. The zero-order valence-corrected chi connectivity index (χ0v) is 14.3. The van der Waals surface area contributed by atoms with E-state index in [0.717, 1.165) is 22.2 Å². The summed E-state index contributed by atoms with van der Waals surface area (Å²) in [6, 6.07) is 10.1. The first-order valence-electron chi connectivity index (χ1n) is 7.38. The van der Waals surface area contributed by atoms with Crippen LogP contribution in [0, 0.1) is 0 Å². The van der Waals surface area contributed by atoms with E-state index in [1.54, 1.807) is 23.3 Å². The number of nitrogens with zero attached hydrogens (tertiary/aromatic N) is 1. The maximum absolute atomic E-state index is 10.9. The first-order valence-corrected chi connectivity index (χ1v) is 9.03. The van der Waals surface area contributed by atoms with Gasteiger partial charge in [-0.05, 0) is 48.6 Å². The summed E-state index contributed by atoms with van der Waals surface area (Å²) < 4.78 is 8.88. The number of benzene rings is 1. The molecule has 2 aromatic heterocycles. The molecule has 0 saturated carbocycles. The van der Waals surface area contributed by atoms with Gasteiger partial charge in [-0.25, -0.2) is 0 Å². The molecule has 1 N–H and O–H groups in total. The molecule has 4 nitrogen and oxygen atoms in total. The molecular weight excluding hydrogens is 330 g/mol. The van der Waals surface area contributed by atoms with Gasteiger partial charge in [0, 0.05) is 30.0 Å². The Balaban J connectivity index is 2.00. The molecule has 3 aromatic rings. The number of aryl methyl sites for hydroxylation is 1. The predicted octanol–water partition coefficient (Wildman–Crippen LogP) is 4.67. The molecule has 2 heterocycles. The second kappa shape index (κ2) is 7.10. The van der Waals surface area contributed by atoms with Gasteiger partial charge in [-0.15, -0.1) is 11.3 Å². The molecule has 0 bridgehead atoms. The van der Waals surface area contributed by atoms with Gasteiger partial charge >= 0.3 is 5.97 Å². The molecule has 0 radical (unpaired) electrons. The van der Waals surface area contributed by atoms with E-state index < -0.39 is 5.97 Å². The number of fused-ring (bicyclic) bond motifs is 1. The Labute approximate surface area is 142 Å². The third-order valence-electron chi connectivity index (χ3n) is 3.43. The lowest BCUT2D eigenvalue weighted by Crippen LogP contribution is -1.97. The summed E-state index contributed by atoms with van der Waals surface area (Å²) in [6.07, 6.45) is 2.68. The van der Waals surface area contributed by atoms with Crippen LogP contribution in [0.3, 0.4) is 0 Å². The monoisotopic (exact) mass is 347 g/mol. The zero-order valence-electron chi connectivity index (χ0n) is 12.7. The molecule has 3 rings (SSSR count). The largest absolute Gasteiger partial charge is 0.494 e. The molecule has 0 aliphatic rings. The number of aromatic nitrogens is 1. The van der Waals surface area contributed by atoms with Crippen molar-refractivity contribution in [3.63, 3.8) is 0 Å². The summed E-state index contributed by atoms with van der Waals surface area (Å²) in [5, 5.41) is 12.1. The Morgan fingerprint density at radius 3 is 2.96 bits per heavy atom. The molecule has 0 saturated heterocycles. The summed E-state index contributed by atoms with van der Waals surface area (Å²) in [5.74, 6) is 0.0354. The molecule has 23 heavy (non-hydrogen) atoms. The summed E-state index contributed by atoms with van der Waals surface area (Å²) in [7, 11) is 0. The Morgan fingerprint density at radius 1 is 1.39 bits per heavy atom. The molecule has 0 amide bonds. The molecule has 1 aromatic carbocycles. The number of rotatable bonds is 7. The van der Waals surface area contributed by atoms with Crippen LogP contribution in [0.25, 0.3) is 10.9 Å². The van der Waals surface area contributed by atoms with E-state index in [-0.39, 0.29) is 6.42 Å². The lowest BCUT2D eigenvalue weighted by molar-refractivity contribution is -0.136. The SMILES string of the molecule is CCOc1ccc2c(c1)c(CCC(=O)O)cn2Sc1cccs1. The maximum Gasteiger partial charge on any atom is 0.303 e. The summed E-state index contributed by atoms with van der Waals surface area (Å²) in [4.78, 5) is 10.9. The highest BCUT2D eigenvalue weighted by atomic mass is 32.2. The van der Waals surface area contributed by atoms with Crippen LogP contribution in [0.2, 0.25) is 0 Å². The van der Waals surface area contributed by atoms with Crippen molar-refractivity contribution in [1.29, 1.82) is 0 Å². The van der Waals surface area contributed by atoms with Crippen LogP contribution < -0.4 is 4.74 Å². The minimum atomic E-state index is -0.780. The minimum Gasteiger partial charge on any atom is -0.494 e. The highest BCUT2D eigenvalue weighted by Crippen LogP contribution is 2.34. The number of aliphatic carboxylic acids is 1. The van der Waals surface area contributed by atoms with E-state index in [1.165, 1.54) is 4.21 Å². The van der Waals surface area contributed by atoms with E-state index in [0.29, 0.717) is 13.0 Å². The summed E-state index contributed by atoms with van der Waals surface area (Å²) in [5.41, 5.74) is 2.11. The average molecular weight is 347 g/mol. The van der Waals surface area contributed by atoms with Crippen molar-refractivity contribution >= 4 is 40.2 Å². The van der Waals surface area contributed by atoms with Crippen LogP contribution in [-0.4, -0.2) is 21.7 Å². The fraction of sp³-hybridized carbons (Fsp3) is 0.235. The van der Waals surface area contributed by atoms with E-state index in [9.17, 15) is 4.79 Å². The average Bonchev–Trinajstić information content (AvgIpc) is 3.14. The van der Waals surface area contributed by atoms with Crippen molar-refractivity contribution in [2.75, 3.05) is 6.61 Å². The number of carboxylic acids is 1. The van der Waals surface area contributed by atoms with E-state index in [1.807, 2.05) is 42.8 Å². The molecule has 0 spiro atoms. The lowest BCUT2D eigenvalue weighted by atomic mass is 10.1. The van der Waals surface area contributed by atoms with Crippen molar-refractivity contribution in [2.45, 2.75) is 24.0 Å². The van der Waals surface area contributed by atoms with Crippen molar-refractivity contribution in [2.24, 2.45) is 0 Å². The third-order valence-corrected chi connectivity index (χ3v) is 5.42. The van der Waals surface area contributed by atoms with Crippen LogP contribution in [0.4, 0.5) is 0 Å². The maximum atomic E-state index is 10.9.